The second-order valence-electron chi connectivity index (χ2n) is 5.66. The topological polar surface area (TPSA) is 102 Å². The molecular weight excluding hydrogens is 455 g/mol. The Hall–Kier alpha value is -1.91. The number of aryl methyl sites for hydroxylation is 1. The van der Waals surface area contributed by atoms with Gasteiger partial charge in [0.25, 0.3) is 10.2 Å². The number of nitrogens with two attached hydrogens (primary N) is 1. The monoisotopic (exact) mass is 470 g/mol. The third-order valence-corrected chi connectivity index (χ3v) is 5.01. The molecule has 0 amide bonds. The van der Waals surface area contributed by atoms with Crippen LogP contribution >= 0.6 is 22.6 Å². The summed E-state index contributed by atoms with van der Waals surface area (Å²) in [5.41, 5.74) is 2.68. The summed E-state index contributed by atoms with van der Waals surface area (Å²) in [6.07, 6.45) is 0.329. The van der Waals surface area contributed by atoms with Gasteiger partial charge in [0, 0.05) is 20.9 Å². The van der Waals surface area contributed by atoms with Crippen LogP contribution < -0.4 is 15.5 Å². The van der Waals surface area contributed by atoms with Crippen LogP contribution in [0.15, 0.2) is 51.7 Å². The summed E-state index contributed by atoms with van der Waals surface area (Å²) in [4.78, 5) is 12.4. The normalized spacial score (nSPS) is 11.6. The highest BCUT2D eigenvalue weighted by Gasteiger charge is 2.13. The van der Waals surface area contributed by atoms with E-state index in [1.54, 1.807) is 24.3 Å². The van der Waals surface area contributed by atoms with Crippen LogP contribution in [0.3, 0.4) is 0 Å². The lowest BCUT2D eigenvalue weighted by atomic mass is 9.99. The van der Waals surface area contributed by atoms with E-state index >= 15 is 0 Å². The van der Waals surface area contributed by atoms with Crippen molar-refractivity contribution in [3.05, 3.63) is 73.1 Å². The van der Waals surface area contributed by atoms with Crippen LogP contribution in [0.4, 0.5) is 5.69 Å². The average molecular weight is 470 g/mol. The summed E-state index contributed by atoms with van der Waals surface area (Å²) in [5.74, 6) is 0. The van der Waals surface area contributed by atoms with E-state index in [0.717, 1.165) is 20.1 Å². The van der Waals surface area contributed by atoms with Crippen molar-refractivity contribution in [2.45, 2.75) is 13.3 Å². The fraction of sp³-hybridized carbons (Fsp3) is 0.118. The summed E-state index contributed by atoms with van der Waals surface area (Å²) < 4.78 is 31.0. The molecule has 6 nitrogen and oxygen atoms in total. The van der Waals surface area contributed by atoms with Crippen LogP contribution in [-0.2, 0) is 16.6 Å². The Morgan fingerprint density at radius 1 is 1.20 bits per heavy atom. The minimum absolute atomic E-state index is 0.329. The molecule has 0 fully saturated rings. The first-order valence-corrected chi connectivity index (χ1v) is 9.97. The molecule has 0 aliphatic carbocycles. The molecule has 1 aromatic heterocycles. The maximum Gasteiger partial charge on any atom is 0.340 e. The molecule has 0 saturated heterocycles. The van der Waals surface area contributed by atoms with Gasteiger partial charge in [-0.1, -0.05) is 12.1 Å². The molecule has 3 N–H and O–H groups in total. The van der Waals surface area contributed by atoms with Crippen LogP contribution in [-0.4, -0.2) is 8.42 Å². The van der Waals surface area contributed by atoms with Gasteiger partial charge >= 0.3 is 5.63 Å². The lowest BCUT2D eigenvalue weighted by molar-refractivity contribution is 0.551. The Bertz CT molecular complexity index is 1120. The van der Waals surface area contributed by atoms with Gasteiger partial charge < -0.3 is 4.42 Å². The third kappa shape index (κ3) is 4.20. The van der Waals surface area contributed by atoms with Crippen LogP contribution in [0.1, 0.15) is 16.7 Å². The van der Waals surface area contributed by atoms with E-state index in [9.17, 15) is 13.2 Å². The van der Waals surface area contributed by atoms with E-state index in [-0.39, 0.29) is 0 Å². The maximum atomic E-state index is 12.4. The number of halogens is 1. The first-order valence-electron chi connectivity index (χ1n) is 7.34. The molecule has 0 aliphatic heterocycles. The molecule has 8 heteroatoms. The molecule has 0 saturated carbocycles. The lowest BCUT2D eigenvalue weighted by Crippen LogP contribution is -2.21. The first-order chi connectivity index (χ1) is 11.7. The number of nitrogens with one attached hydrogen (secondary N) is 1. The van der Waals surface area contributed by atoms with Gasteiger partial charge in [0.1, 0.15) is 5.58 Å². The van der Waals surface area contributed by atoms with Gasteiger partial charge in [-0.25, -0.2) is 9.93 Å². The van der Waals surface area contributed by atoms with Gasteiger partial charge in [0.15, 0.2) is 0 Å². The van der Waals surface area contributed by atoms with Crippen LogP contribution in [0.2, 0.25) is 0 Å². The number of anilines is 1. The zero-order valence-corrected chi connectivity index (χ0v) is 16.2. The van der Waals surface area contributed by atoms with Crippen molar-refractivity contribution in [1.82, 2.24) is 0 Å². The maximum absolute atomic E-state index is 12.4. The van der Waals surface area contributed by atoms with Crippen LogP contribution in [0.5, 0.6) is 0 Å². The molecule has 0 bridgehead atoms. The van der Waals surface area contributed by atoms with Gasteiger partial charge in [0.2, 0.25) is 0 Å². The molecule has 0 spiro atoms. The predicted molar refractivity (Wildman–Crippen MR) is 106 cm³/mol. The summed E-state index contributed by atoms with van der Waals surface area (Å²) in [7, 11) is -3.85. The number of hydrogen-bond donors (Lipinski definition) is 2. The van der Waals surface area contributed by atoms with E-state index in [4.69, 9.17) is 9.56 Å². The fourth-order valence-electron chi connectivity index (χ4n) is 2.68. The summed E-state index contributed by atoms with van der Waals surface area (Å²) in [6.45, 7) is 1.89. The van der Waals surface area contributed by atoms with Gasteiger partial charge in [-0.05, 0) is 71.0 Å². The second kappa shape index (κ2) is 6.77. The molecular formula is C17H15IN2O4S. The second-order valence-corrected chi connectivity index (χ2v) is 8.20. The Morgan fingerprint density at radius 3 is 2.68 bits per heavy atom. The number of hydrogen-bond acceptors (Lipinski definition) is 4. The van der Waals surface area contributed by atoms with Crippen molar-refractivity contribution >= 4 is 49.5 Å². The molecule has 3 aromatic rings. The molecule has 0 atom stereocenters. The minimum Gasteiger partial charge on any atom is -0.423 e. The summed E-state index contributed by atoms with van der Waals surface area (Å²) in [6, 6.07) is 12.4. The molecule has 0 aliphatic rings. The lowest BCUT2D eigenvalue weighted by Gasteiger charge is -2.10. The first kappa shape index (κ1) is 17.9. The molecule has 130 valence electrons. The summed E-state index contributed by atoms with van der Waals surface area (Å²) in [5, 5.41) is 5.88. The van der Waals surface area contributed by atoms with E-state index in [1.807, 2.05) is 25.1 Å². The smallest absolute Gasteiger partial charge is 0.340 e. The molecule has 0 radical (unpaired) electrons. The Kier molecular flexibility index (Phi) is 4.85. The Balaban J connectivity index is 2.04. The average Bonchev–Trinajstić information content (AvgIpc) is 2.51. The number of benzene rings is 2. The highest BCUT2D eigenvalue weighted by Crippen LogP contribution is 2.24. The highest BCUT2D eigenvalue weighted by atomic mass is 127. The number of fused-ring (bicyclic) bond motifs is 1. The zero-order chi connectivity index (χ0) is 18.2. The van der Waals surface area contributed by atoms with E-state index in [1.165, 1.54) is 0 Å². The zero-order valence-electron chi connectivity index (χ0n) is 13.2. The third-order valence-electron chi connectivity index (χ3n) is 3.82. The summed E-state index contributed by atoms with van der Waals surface area (Å²) >= 11 is 2.21. The molecule has 2 aromatic carbocycles. The molecule has 3 rings (SSSR count). The molecule has 0 unspecified atom stereocenters. The van der Waals surface area contributed by atoms with Crippen LogP contribution in [0, 0.1) is 10.5 Å². The van der Waals surface area contributed by atoms with E-state index in [2.05, 4.69) is 27.3 Å². The van der Waals surface area contributed by atoms with Crippen LogP contribution in [0.25, 0.3) is 11.0 Å². The van der Waals surface area contributed by atoms with E-state index in [0.29, 0.717) is 23.3 Å². The van der Waals surface area contributed by atoms with Crippen molar-refractivity contribution < 1.29 is 12.8 Å². The van der Waals surface area contributed by atoms with Gasteiger partial charge in [-0.2, -0.15) is 8.42 Å². The van der Waals surface area contributed by atoms with Crippen molar-refractivity contribution in [1.29, 1.82) is 0 Å². The fourth-order valence-corrected chi connectivity index (χ4v) is 3.63. The van der Waals surface area contributed by atoms with Gasteiger partial charge in [0.05, 0.1) is 5.69 Å². The van der Waals surface area contributed by atoms with E-state index < -0.39 is 15.8 Å². The van der Waals surface area contributed by atoms with Crippen molar-refractivity contribution in [2.75, 3.05) is 4.72 Å². The standard InChI is InChI=1S/C17H15IN2O4S/c1-10-14-9-12(18)5-6-16(14)24-17(21)15(10)8-11-3-2-4-13(7-11)20-25(19,22)23/h2-7,9,20H,8H2,1H3,(H2,19,22,23). The Labute approximate surface area is 158 Å². The van der Waals surface area contributed by atoms with Crippen molar-refractivity contribution in [2.24, 2.45) is 5.14 Å². The largest absolute Gasteiger partial charge is 0.423 e. The van der Waals surface area contributed by atoms with Crippen molar-refractivity contribution in [3.8, 4) is 0 Å². The minimum atomic E-state index is -3.85. The van der Waals surface area contributed by atoms with Crippen molar-refractivity contribution in [3.63, 3.8) is 0 Å². The highest BCUT2D eigenvalue weighted by molar-refractivity contribution is 14.1. The van der Waals surface area contributed by atoms with Gasteiger partial charge in [-0.3, -0.25) is 4.72 Å². The SMILES string of the molecule is Cc1c(Cc2cccc(NS(N)(=O)=O)c2)c(=O)oc2ccc(I)cc12. The van der Waals surface area contributed by atoms with Gasteiger partial charge in [-0.15, -0.1) is 0 Å². The quantitative estimate of drug-likeness (QED) is 0.452. The number of rotatable bonds is 4. The molecule has 1 heterocycles. The molecule has 25 heavy (non-hydrogen) atoms. The predicted octanol–water partition coefficient (Wildman–Crippen LogP) is 2.91. The Morgan fingerprint density at radius 2 is 1.96 bits per heavy atom.